The Balaban J connectivity index is 1.28. The minimum Gasteiger partial charge on any atom is -0.495 e. The first kappa shape index (κ1) is 24.5. The lowest BCUT2D eigenvalue weighted by molar-refractivity contribution is -0.132. The molecule has 4 aliphatic rings. The van der Waals surface area contributed by atoms with Gasteiger partial charge in [-0.05, 0) is 43.2 Å². The van der Waals surface area contributed by atoms with Gasteiger partial charge in [0, 0.05) is 29.5 Å². The van der Waals surface area contributed by atoms with Crippen LogP contribution in [0.5, 0.6) is 5.75 Å². The zero-order chi connectivity index (χ0) is 27.8. The Morgan fingerprint density at radius 2 is 1.60 bits per heavy atom. The van der Waals surface area contributed by atoms with Gasteiger partial charge in [0.25, 0.3) is 5.91 Å². The quantitative estimate of drug-likeness (QED) is 0.515. The van der Waals surface area contributed by atoms with Crippen molar-refractivity contribution in [1.82, 2.24) is 5.32 Å². The van der Waals surface area contributed by atoms with Gasteiger partial charge in [-0.25, -0.2) is 4.90 Å². The maximum Gasteiger partial charge on any atom is 0.253 e. The summed E-state index contributed by atoms with van der Waals surface area (Å²) in [6.45, 7) is 2.21. The molecule has 4 atom stereocenters. The molecule has 40 heavy (non-hydrogen) atoms. The van der Waals surface area contributed by atoms with E-state index in [0.717, 1.165) is 22.6 Å². The predicted molar refractivity (Wildman–Crippen MR) is 148 cm³/mol. The summed E-state index contributed by atoms with van der Waals surface area (Å²) in [4.78, 5) is 60.4. The van der Waals surface area contributed by atoms with Crippen molar-refractivity contribution < 1.29 is 23.9 Å². The number of carbonyl (C=O) groups excluding carboxylic acids is 4. The lowest BCUT2D eigenvalue weighted by Gasteiger charge is -2.30. The number of imide groups is 1. The number of amides is 4. The van der Waals surface area contributed by atoms with Crippen molar-refractivity contribution in [1.29, 1.82) is 0 Å². The Bertz CT molecular complexity index is 1600. The number of benzene rings is 3. The van der Waals surface area contributed by atoms with E-state index in [1.165, 1.54) is 12.0 Å². The van der Waals surface area contributed by atoms with E-state index >= 15 is 0 Å². The number of rotatable bonds is 4. The molecule has 3 aromatic rings. The number of carbonyl (C=O) groups is 4. The topological polar surface area (TPSA) is 99.3 Å². The van der Waals surface area contributed by atoms with Crippen LogP contribution in [-0.4, -0.2) is 49.9 Å². The maximum atomic E-state index is 14.5. The molecule has 4 aliphatic heterocycles. The highest BCUT2D eigenvalue weighted by molar-refractivity contribution is 6.26. The van der Waals surface area contributed by atoms with Crippen LogP contribution in [0.3, 0.4) is 0 Å². The normalized spacial score (nSPS) is 26.5. The average molecular weight is 537 g/mol. The molecule has 4 amide bonds. The fourth-order valence-corrected chi connectivity index (χ4v) is 7.14. The first-order chi connectivity index (χ1) is 19.4. The molecule has 0 saturated carbocycles. The number of ether oxygens (including phenoxy) is 1. The monoisotopic (exact) mass is 536 g/mol. The zero-order valence-electron chi connectivity index (χ0n) is 22.2. The van der Waals surface area contributed by atoms with Crippen molar-refractivity contribution in [3.8, 4) is 5.75 Å². The SMILES string of the molecule is COc1ccccc1N1C(=O)C2C(C)NC3(C(=O)N(CC(=O)N4CCc5ccccc54)c4ccccc43)C2C1=O. The van der Waals surface area contributed by atoms with Crippen molar-refractivity contribution in [3.05, 3.63) is 83.9 Å². The van der Waals surface area contributed by atoms with Gasteiger partial charge in [-0.3, -0.25) is 24.5 Å². The minimum atomic E-state index is -1.46. The van der Waals surface area contributed by atoms with Gasteiger partial charge in [0.2, 0.25) is 17.7 Å². The van der Waals surface area contributed by atoms with Gasteiger partial charge in [0.05, 0.1) is 24.6 Å². The van der Waals surface area contributed by atoms with E-state index in [9.17, 15) is 19.2 Å². The van der Waals surface area contributed by atoms with Crippen molar-refractivity contribution in [2.45, 2.75) is 24.9 Å². The Kier molecular flexibility index (Phi) is 5.37. The number of hydrogen-bond donors (Lipinski definition) is 1. The Morgan fingerprint density at radius 1 is 0.925 bits per heavy atom. The second-order valence-corrected chi connectivity index (χ2v) is 10.8. The fraction of sp³-hybridized carbons (Fsp3) is 0.290. The summed E-state index contributed by atoms with van der Waals surface area (Å²) >= 11 is 0. The van der Waals surface area contributed by atoms with Crippen LogP contribution in [0, 0.1) is 11.8 Å². The first-order valence-corrected chi connectivity index (χ1v) is 13.5. The summed E-state index contributed by atoms with van der Waals surface area (Å²) in [5.74, 6) is -2.74. The second kappa shape index (κ2) is 8.76. The third-order valence-electron chi connectivity index (χ3n) is 8.82. The second-order valence-electron chi connectivity index (χ2n) is 10.8. The average Bonchev–Trinajstić information content (AvgIpc) is 3.67. The van der Waals surface area contributed by atoms with Crippen molar-refractivity contribution >= 4 is 40.7 Å². The van der Waals surface area contributed by atoms with E-state index in [-0.39, 0.29) is 18.4 Å². The van der Waals surface area contributed by atoms with Gasteiger partial charge in [-0.2, -0.15) is 0 Å². The molecule has 1 spiro atoms. The van der Waals surface area contributed by atoms with Crippen LogP contribution >= 0.6 is 0 Å². The van der Waals surface area contributed by atoms with Gasteiger partial charge >= 0.3 is 0 Å². The molecule has 0 aromatic heterocycles. The molecule has 4 unspecified atom stereocenters. The molecule has 1 N–H and O–H groups in total. The molecule has 3 aromatic carbocycles. The third kappa shape index (κ3) is 3.12. The summed E-state index contributed by atoms with van der Waals surface area (Å²) in [5, 5.41) is 3.37. The van der Waals surface area contributed by atoms with Gasteiger partial charge in [0.1, 0.15) is 17.8 Å². The van der Waals surface area contributed by atoms with Crippen LogP contribution in [-0.2, 0) is 31.1 Å². The fourth-order valence-electron chi connectivity index (χ4n) is 7.14. The smallest absolute Gasteiger partial charge is 0.253 e. The highest BCUT2D eigenvalue weighted by Crippen LogP contribution is 2.55. The Labute approximate surface area is 231 Å². The molecule has 0 radical (unpaired) electrons. The Hall–Kier alpha value is -4.50. The number of nitrogens with one attached hydrogen (secondary N) is 1. The summed E-state index contributed by atoms with van der Waals surface area (Å²) in [7, 11) is 1.49. The van der Waals surface area contributed by atoms with Crippen LogP contribution < -0.4 is 24.8 Å². The van der Waals surface area contributed by atoms with Crippen molar-refractivity contribution in [3.63, 3.8) is 0 Å². The zero-order valence-corrected chi connectivity index (χ0v) is 22.2. The number of fused-ring (bicyclic) bond motifs is 5. The van der Waals surface area contributed by atoms with Gasteiger partial charge in [-0.1, -0.05) is 48.5 Å². The molecule has 2 saturated heterocycles. The minimum absolute atomic E-state index is 0.169. The molecule has 202 valence electrons. The lowest BCUT2D eigenvalue weighted by atomic mass is 9.76. The standard InChI is InChI=1S/C31H28N4O5/c1-18-26-27(29(38)35(28(26)37)23-13-7-8-14-24(23)40-2)31(32-18)20-10-4-6-12-22(20)34(30(31)39)17-25(36)33-16-15-19-9-3-5-11-21(19)33/h3-14,18,26-27,32H,15-17H2,1-2H3. The van der Waals surface area contributed by atoms with Gasteiger partial charge in [0.15, 0.2) is 0 Å². The van der Waals surface area contributed by atoms with E-state index in [2.05, 4.69) is 5.32 Å². The van der Waals surface area contributed by atoms with E-state index in [0.29, 0.717) is 29.2 Å². The number of methoxy groups -OCH3 is 1. The highest BCUT2D eigenvalue weighted by Gasteiger charge is 2.71. The maximum absolute atomic E-state index is 14.5. The molecular weight excluding hydrogens is 508 g/mol. The summed E-state index contributed by atoms with van der Waals surface area (Å²) in [5.41, 5.74) is 2.03. The molecule has 7 rings (SSSR count). The molecule has 4 heterocycles. The first-order valence-electron chi connectivity index (χ1n) is 13.5. The molecule has 9 heteroatoms. The molecule has 0 aliphatic carbocycles. The van der Waals surface area contributed by atoms with E-state index in [1.807, 2.05) is 49.4 Å². The molecule has 2 fully saturated rings. The van der Waals surface area contributed by atoms with E-state index < -0.39 is 35.2 Å². The van der Waals surface area contributed by atoms with E-state index in [4.69, 9.17) is 4.74 Å². The number of hydrogen-bond acceptors (Lipinski definition) is 6. The van der Waals surface area contributed by atoms with Crippen molar-refractivity contribution in [2.75, 3.05) is 34.9 Å². The van der Waals surface area contributed by atoms with Crippen LogP contribution in [0.4, 0.5) is 17.1 Å². The lowest BCUT2D eigenvalue weighted by Crippen LogP contribution is -2.56. The molecule has 0 bridgehead atoms. The van der Waals surface area contributed by atoms with Crippen LogP contribution in [0.1, 0.15) is 18.1 Å². The predicted octanol–water partition coefficient (Wildman–Crippen LogP) is 2.62. The molecule has 9 nitrogen and oxygen atoms in total. The highest BCUT2D eigenvalue weighted by atomic mass is 16.5. The van der Waals surface area contributed by atoms with Crippen LogP contribution in [0.15, 0.2) is 72.8 Å². The van der Waals surface area contributed by atoms with Gasteiger partial charge in [-0.15, -0.1) is 0 Å². The molecular formula is C31H28N4O5. The number of nitrogens with zero attached hydrogens (tertiary/aromatic N) is 3. The summed E-state index contributed by atoms with van der Waals surface area (Å²) < 4.78 is 5.45. The number of para-hydroxylation sites is 4. The van der Waals surface area contributed by atoms with Crippen LogP contribution in [0.25, 0.3) is 0 Å². The Morgan fingerprint density at radius 3 is 2.38 bits per heavy atom. The third-order valence-corrected chi connectivity index (χ3v) is 8.82. The summed E-state index contributed by atoms with van der Waals surface area (Å²) in [6, 6.07) is 21.4. The van der Waals surface area contributed by atoms with Gasteiger partial charge < -0.3 is 14.5 Å². The van der Waals surface area contributed by atoms with Crippen molar-refractivity contribution in [2.24, 2.45) is 11.8 Å². The number of anilines is 3. The van der Waals surface area contributed by atoms with E-state index in [1.54, 1.807) is 35.2 Å². The summed E-state index contributed by atoms with van der Waals surface area (Å²) in [6.07, 6.45) is 0.759. The largest absolute Gasteiger partial charge is 0.495 e. The van der Waals surface area contributed by atoms with Crippen LogP contribution in [0.2, 0.25) is 0 Å².